The Morgan fingerprint density at radius 3 is 2.59 bits per heavy atom. The number of ether oxygens (including phenoxy) is 2. The summed E-state index contributed by atoms with van der Waals surface area (Å²) in [6.45, 7) is 5.55. The van der Waals surface area contributed by atoms with E-state index in [1.165, 1.54) is 33.2 Å². The molecule has 2 aliphatic rings. The zero-order valence-corrected chi connectivity index (χ0v) is 17.2. The van der Waals surface area contributed by atoms with Gasteiger partial charge in [-0.05, 0) is 35.7 Å². The number of hydrogen-bond donors (Lipinski definition) is 0. The molecule has 0 bridgehead atoms. The van der Waals surface area contributed by atoms with Gasteiger partial charge in [0.1, 0.15) is 5.75 Å². The molecule has 29 heavy (non-hydrogen) atoms. The van der Waals surface area contributed by atoms with E-state index in [0.29, 0.717) is 5.92 Å². The molecule has 1 unspecified atom stereocenters. The van der Waals surface area contributed by atoms with Crippen molar-refractivity contribution in [3.05, 3.63) is 71.3 Å². The Morgan fingerprint density at radius 2 is 1.76 bits per heavy atom. The molecule has 4 heteroatoms. The second kappa shape index (κ2) is 7.69. The minimum Gasteiger partial charge on any atom is -0.496 e. The van der Waals surface area contributed by atoms with Crippen LogP contribution in [0.4, 0.5) is 5.69 Å². The summed E-state index contributed by atoms with van der Waals surface area (Å²) in [7, 11) is 4.01. The molecule has 2 heterocycles. The van der Waals surface area contributed by atoms with E-state index < -0.39 is 0 Å². The third-order valence-electron chi connectivity index (χ3n) is 6.30. The number of nitrogens with zero attached hydrogens (tertiary/aromatic N) is 2. The summed E-state index contributed by atoms with van der Waals surface area (Å²) in [4.78, 5) is 4.86. The largest absolute Gasteiger partial charge is 0.496 e. The van der Waals surface area contributed by atoms with E-state index in [0.717, 1.165) is 45.1 Å². The molecule has 0 saturated carbocycles. The molecule has 1 saturated heterocycles. The number of rotatable bonds is 3. The van der Waals surface area contributed by atoms with E-state index in [9.17, 15) is 0 Å². The standard InChI is InChI=1S/C25H28N2O2/c1-26-16-19-15-20(27-11-13-29-14-12-27)8-10-21(19)24(17-26)23-9-7-18-5-3-4-6-22(18)25(23)28-2/h3-10,15,24H,11-14,16-17H2,1-2H3. The topological polar surface area (TPSA) is 24.9 Å². The molecule has 2 aliphatic heterocycles. The van der Waals surface area contributed by atoms with Gasteiger partial charge in [-0.2, -0.15) is 0 Å². The summed E-state index contributed by atoms with van der Waals surface area (Å²) in [5.41, 5.74) is 5.43. The highest BCUT2D eigenvalue weighted by Gasteiger charge is 2.28. The van der Waals surface area contributed by atoms with Crippen molar-refractivity contribution in [2.45, 2.75) is 12.5 Å². The third-order valence-corrected chi connectivity index (χ3v) is 6.30. The Kier molecular flexibility index (Phi) is 4.90. The maximum Gasteiger partial charge on any atom is 0.130 e. The molecule has 0 aliphatic carbocycles. The van der Waals surface area contributed by atoms with Gasteiger partial charge in [0.2, 0.25) is 0 Å². The van der Waals surface area contributed by atoms with Gasteiger partial charge < -0.3 is 19.3 Å². The van der Waals surface area contributed by atoms with E-state index in [1.54, 1.807) is 7.11 Å². The fourth-order valence-electron chi connectivity index (χ4n) is 4.88. The Bertz CT molecular complexity index is 1030. The zero-order valence-electron chi connectivity index (χ0n) is 17.2. The zero-order chi connectivity index (χ0) is 19.8. The molecule has 1 atom stereocenters. The van der Waals surface area contributed by atoms with Gasteiger partial charge in [0.05, 0.1) is 20.3 Å². The van der Waals surface area contributed by atoms with Crippen LogP contribution >= 0.6 is 0 Å². The molecule has 0 amide bonds. The smallest absolute Gasteiger partial charge is 0.130 e. The lowest BCUT2D eigenvalue weighted by Crippen LogP contribution is -2.37. The van der Waals surface area contributed by atoms with Crippen LogP contribution in [0.2, 0.25) is 0 Å². The van der Waals surface area contributed by atoms with Crippen molar-refractivity contribution >= 4 is 16.5 Å². The van der Waals surface area contributed by atoms with E-state index in [-0.39, 0.29) is 0 Å². The number of morpholine rings is 1. The number of hydrogen-bond acceptors (Lipinski definition) is 4. The minimum atomic E-state index is 0.307. The first kappa shape index (κ1) is 18.5. The summed E-state index contributed by atoms with van der Waals surface area (Å²) in [6.07, 6.45) is 0. The fourth-order valence-corrected chi connectivity index (χ4v) is 4.88. The van der Waals surface area contributed by atoms with Gasteiger partial charge in [0, 0.05) is 48.7 Å². The van der Waals surface area contributed by atoms with Gasteiger partial charge in [-0.3, -0.25) is 0 Å². The second-order valence-corrected chi connectivity index (χ2v) is 8.14. The van der Waals surface area contributed by atoms with Crippen molar-refractivity contribution in [1.29, 1.82) is 0 Å². The Labute approximate surface area is 172 Å². The second-order valence-electron chi connectivity index (χ2n) is 8.14. The van der Waals surface area contributed by atoms with Gasteiger partial charge in [-0.1, -0.05) is 42.5 Å². The summed E-state index contributed by atoms with van der Waals surface area (Å²) in [5.74, 6) is 1.31. The van der Waals surface area contributed by atoms with Gasteiger partial charge in [0.15, 0.2) is 0 Å². The lowest BCUT2D eigenvalue weighted by atomic mass is 9.83. The first-order valence-electron chi connectivity index (χ1n) is 10.4. The van der Waals surface area contributed by atoms with Crippen LogP contribution in [0.25, 0.3) is 10.8 Å². The first-order valence-corrected chi connectivity index (χ1v) is 10.4. The molecule has 1 fully saturated rings. The molecule has 5 rings (SSSR count). The van der Waals surface area contributed by atoms with E-state index >= 15 is 0 Å². The highest BCUT2D eigenvalue weighted by Crippen LogP contribution is 2.41. The maximum atomic E-state index is 5.94. The predicted octanol–water partition coefficient (Wildman–Crippen LogP) is 4.26. The highest BCUT2D eigenvalue weighted by molar-refractivity contribution is 5.90. The number of anilines is 1. The van der Waals surface area contributed by atoms with Crippen molar-refractivity contribution in [3.63, 3.8) is 0 Å². The third kappa shape index (κ3) is 3.37. The van der Waals surface area contributed by atoms with Crippen molar-refractivity contribution in [1.82, 2.24) is 4.90 Å². The average Bonchev–Trinajstić information content (AvgIpc) is 2.78. The average molecular weight is 389 g/mol. The number of methoxy groups -OCH3 is 1. The summed E-state index contributed by atoms with van der Waals surface area (Å²) in [6, 6.07) is 20.0. The Morgan fingerprint density at radius 1 is 0.966 bits per heavy atom. The molecule has 3 aromatic rings. The van der Waals surface area contributed by atoms with Crippen LogP contribution in [-0.4, -0.2) is 51.9 Å². The lowest BCUT2D eigenvalue weighted by molar-refractivity contribution is 0.122. The molecule has 0 N–H and O–H groups in total. The molecule has 3 aromatic carbocycles. The lowest BCUT2D eigenvalue weighted by Gasteiger charge is -2.35. The maximum absolute atomic E-state index is 5.94. The predicted molar refractivity (Wildman–Crippen MR) is 118 cm³/mol. The summed E-state index contributed by atoms with van der Waals surface area (Å²) < 4.78 is 11.5. The van der Waals surface area contributed by atoms with Crippen LogP contribution in [0.3, 0.4) is 0 Å². The first-order chi connectivity index (χ1) is 14.2. The number of fused-ring (bicyclic) bond motifs is 2. The number of likely N-dealkylation sites (N-methyl/N-ethyl adjacent to an activating group) is 1. The Hall–Kier alpha value is -2.56. The fraction of sp³-hybridized carbons (Fsp3) is 0.360. The van der Waals surface area contributed by atoms with Crippen LogP contribution < -0.4 is 9.64 Å². The molecular formula is C25H28N2O2. The van der Waals surface area contributed by atoms with Crippen LogP contribution in [0.5, 0.6) is 5.75 Å². The molecule has 4 nitrogen and oxygen atoms in total. The van der Waals surface area contributed by atoms with Crippen LogP contribution in [0.15, 0.2) is 54.6 Å². The van der Waals surface area contributed by atoms with E-state index in [4.69, 9.17) is 9.47 Å². The van der Waals surface area contributed by atoms with Gasteiger partial charge in [-0.25, -0.2) is 0 Å². The van der Waals surface area contributed by atoms with Crippen molar-refractivity contribution in [2.24, 2.45) is 0 Å². The van der Waals surface area contributed by atoms with Gasteiger partial charge in [0.25, 0.3) is 0 Å². The van der Waals surface area contributed by atoms with E-state index in [2.05, 4.69) is 71.4 Å². The molecule has 0 aromatic heterocycles. The van der Waals surface area contributed by atoms with Gasteiger partial charge >= 0.3 is 0 Å². The minimum absolute atomic E-state index is 0.307. The van der Waals surface area contributed by atoms with Crippen LogP contribution in [0.1, 0.15) is 22.6 Å². The summed E-state index contributed by atoms with van der Waals surface area (Å²) in [5, 5.41) is 2.41. The SMILES string of the molecule is COc1c(C2CN(C)Cc3cc(N4CCOCC4)ccc32)ccc2ccccc12. The van der Waals surface area contributed by atoms with E-state index in [1.807, 2.05) is 0 Å². The normalized spacial score (nSPS) is 19.9. The van der Waals surface area contributed by atoms with Crippen LogP contribution in [0, 0.1) is 0 Å². The Balaban J connectivity index is 1.58. The van der Waals surface area contributed by atoms with Crippen LogP contribution in [-0.2, 0) is 11.3 Å². The highest BCUT2D eigenvalue weighted by atomic mass is 16.5. The molecule has 150 valence electrons. The number of benzene rings is 3. The summed E-state index contributed by atoms with van der Waals surface area (Å²) >= 11 is 0. The molecule has 0 spiro atoms. The van der Waals surface area contributed by atoms with Crippen molar-refractivity contribution in [3.8, 4) is 5.75 Å². The molecular weight excluding hydrogens is 360 g/mol. The van der Waals surface area contributed by atoms with Crippen molar-refractivity contribution in [2.75, 3.05) is 51.9 Å². The monoisotopic (exact) mass is 388 g/mol. The molecule has 0 radical (unpaired) electrons. The van der Waals surface area contributed by atoms with Gasteiger partial charge in [-0.15, -0.1) is 0 Å². The van der Waals surface area contributed by atoms with Crippen molar-refractivity contribution < 1.29 is 9.47 Å². The quantitative estimate of drug-likeness (QED) is 0.669.